The Hall–Kier alpha value is -5.37. The lowest BCUT2D eigenvalue weighted by Crippen LogP contribution is -2.30. The van der Waals surface area contributed by atoms with Gasteiger partial charge in [-0.25, -0.2) is 19.7 Å². The van der Waals surface area contributed by atoms with Crippen molar-refractivity contribution in [1.82, 2.24) is 29.2 Å². The molecule has 8 rings (SSSR count). The number of urea groups is 1. The van der Waals surface area contributed by atoms with Gasteiger partial charge in [0, 0.05) is 59.9 Å². The summed E-state index contributed by atoms with van der Waals surface area (Å²) in [5, 5.41) is 14.0. The maximum absolute atomic E-state index is 12.9. The van der Waals surface area contributed by atoms with Crippen molar-refractivity contribution in [3.05, 3.63) is 89.0 Å². The van der Waals surface area contributed by atoms with Crippen LogP contribution in [0.2, 0.25) is 0 Å². The summed E-state index contributed by atoms with van der Waals surface area (Å²) in [6.07, 6.45) is 9.37. The highest BCUT2D eigenvalue weighted by atomic mass is 16.2. The smallest absolute Gasteiger partial charge is 0.331 e. The average Bonchev–Trinajstić information content (AvgIpc) is 3.97. The van der Waals surface area contributed by atoms with Crippen molar-refractivity contribution in [1.29, 1.82) is 5.26 Å². The Bertz CT molecular complexity index is 2080. The highest BCUT2D eigenvalue weighted by Crippen LogP contribution is 2.53. The summed E-state index contributed by atoms with van der Waals surface area (Å²) >= 11 is 0. The molecule has 2 aliphatic carbocycles. The van der Waals surface area contributed by atoms with Gasteiger partial charge in [0.2, 0.25) is 5.91 Å². The number of benzene rings is 1. The first-order chi connectivity index (χ1) is 21.9. The number of anilines is 2. The van der Waals surface area contributed by atoms with Crippen LogP contribution < -0.4 is 10.2 Å². The number of hydrogen-bond acceptors (Lipinski definition) is 8. The Morgan fingerprint density at radius 2 is 1.91 bits per heavy atom. The fraction of sp³-hybridized carbons (Fsp3) is 0.324. The molecule has 0 spiro atoms. The van der Waals surface area contributed by atoms with Crippen molar-refractivity contribution < 1.29 is 9.59 Å². The Balaban J connectivity index is 1.07. The molecule has 11 heteroatoms. The van der Waals surface area contributed by atoms with Crippen molar-refractivity contribution in [2.75, 3.05) is 23.8 Å². The van der Waals surface area contributed by atoms with Gasteiger partial charge >= 0.3 is 6.03 Å². The molecule has 224 valence electrons. The molecule has 2 saturated carbocycles. The number of nitrogens with zero attached hydrogens (tertiary/aromatic N) is 8. The van der Waals surface area contributed by atoms with Crippen molar-refractivity contribution >= 4 is 39.9 Å². The van der Waals surface area contributed by atoms with E-state index in [0.717, 1.165) is 74.8 Å². The number of carbonyl (C=O) groups excluding carboxylic acids is 2. The number of aryl methyl sites for hydroxylation is 1. The number of carbonyl (C=O) groups is 2. The SMILES string of the molecule is Cc1ccnc([C@H]2C[C@@H]2c2cc(CC#N)c3ccc(NCc4cn5cc(C6CC6)cc(N6CC(=O)N(C)C6=O)c5n4)cc3n2)n1. The average molecular weight is 598 g/mol. The second kappa shape index (κ2) is 10.4. The number of amides is 3. The van der Waals surface area contributed by atoms with Crippen molar-refractivity contribution in [2.24, 2.45) is 0 Å². The van der Waals surface area contributed by atoms with Crippen LogP contribution in [0.25, 0.3) is 16.6 Å². The van der Waals surface area contributed by atoms with E-state index >= 15 is 0 Å². The molecule has 4 aromatic heterocycles. The van der Waals surface area contributed by atoms with Gasteiger partial charge in [0.25, 0.3) is 0 Å². The summed E-state index contributed by atoms with van der Waals surface area (Å²) in [5.74, 6) is 1.57. The molecular weight excluding hydrogens is 566 g/mol. The Kier molecular flexibility index (Phi) is 6.27. The molecule has 3 fully saturated rings. The number of imidazole rings is 1. The van der Waals surface area contributed by atoms with E-state index < -0.39 is 0 Å². The van der Waals surface area contributed by atoms with Crippen molar-refractivity contribution in [3.63, 3.8) is 0 Å². The molecule has 0 radical (unpaired) electrons. The number of likely N-dealkylation sites (N-methyl/N-ethyl adjacent to an activating group) is 1. The zero-order chi connectivity index (χ0) is 30.8. The zero-order valence-electron chi connectivity index (χ0n) is 25.1. The molecule has 5 heterocycles. The fourth-order valence-electron chi connectivity index (χ4n) is 6.36. The largest absolute Gasteiger partial charge is 0.379 e. The van der Waals surface area contributed by atoms with E-state index in [4.69, 9.17) is 9.97 Å². The lowest BCUT2D eigenvalue weighted by molar-refractivity contribution is -0.123. The molecule has 1 N–H and O–H groups in total. The van der Waals surface area contributed by atoms with Gasteiger partial charge < -0.3 is 9.72 Å². The zero-order valence-corrected chi connectivity index (χ0v) is 25.1. The number of pyridine rings is 2. The van der Waals surface area contributed by atoms with Crippen LogP contribution in [0.5, 0.6) is 0 Å². The lowest BCUT2D eigenvalue weighted by atomic mass is 10.0. The van der Waals surface area contributed by atoms with E-state index in [0.29, 0.717) is 30.2 Å². The van der Waals surface area contributed by atoms with Gasteiger partial charge in [0.1, 0.15) is 12.4 Å². The number of imide groups is 1. The molecule has 11 nitrogen and oxygen atoms in total. The van der Waals surface area contributed by atoms with Gasteiger partial charge in [-0.2, -0.15) is 5.26 Å². The Morgan fingerprint density at radius 1 is 1.04 bits per heavy atom. The highest BCUT2D eigenvalue weighted by Gasteiger charge is 2.43. The van der Waals surface area contributed by atoms with Crippen LogP contribution >= 0.6 is 0 Å². The van der Waals surface area contributed by atoms with E-state index in [1.807, 2.05) is 47.9 Å². The second-order valence-electron chi connectivity index (χ2n) is 12.3. The van der Waals surface area contributed by atoms with Gasteiger partial charge in [-0.3, -0.25) is 19.6 Å². The van der Waals surface area contributed by atoms with Crippen LogP contribution in [0.15, 0.2) is 55.0 Å². The van der Waals surface area contributed by atoms with E-state index in [1.54, 1.807) is 6.20 Å². The minimum absolute atomic E-state index is 0.0129. The Labute approximate surface area is 259 Å². The summed E-state index contributed by atoms with van der Waals surface area (Å²) in [7, 11) is 1.51. The summed E-state index contributed by atoms with van der Waals surface area (Å²) in [6, 6.07) is 14.0. The summed E-state index contributed by atoms with van der Waals surface area (Å²) < 4.78 is 1.97. The second-order valence-corrected chi connectivity index (χ2v) is 12.3. The molecule has 1 saturated heterocycles. The molecule has 3 aliphatic rings. The van der Waals surface area contributed by atoms with Gasteiger partial charge in [-0.05, 0) is 73.6 Å². The normalized spacial score (nSPS) is 19.5. The van der Waals surface area contributed by atoms with Crippen LogP contribution in [0.3, 0.4) is 0 Å². The minimum atomic E-state index is -0.333. The third-order valence-electron chi connectivity index (χ3n) is 9.10. The molecule has 3 amide bonds. The van der Waals surface area contributed by atoms with E-state index in [1.165, 1.54) is 11.9 Å². The number of nitrogens with one attached hydrogen (secondary N) is 1. The quantitative estimate of drug-likeness (QED) is 0.241. The van der Waals surface area contributed by atoms with Crippen molar-refractivity contribution in [3.8, 4) is 6.07 Å². The first kappa shape index (κ1) is 27.2. The van der Waals surface area contributed by atoms with Gasteiger partial charge in [-0.15, -0.1) is 0 Å². The molecule has 1 aliphatic heterocycles. The number of hydrogen-bond donors (Lipinski definition) is 1. The topological polar surface area (TPSA) is 132 Å². The standard InChI is InChI=1S/C34H31N9O2/c1-19-8-10-36-32(38-19)27-14-26(27)28-11-21(7-9-35)25-6-5-23(13-29(25)40-28)37-15-24-17-42-16-22(20-3-4-20)12-30(33(42)39-24)43-18-31(44)41(2)34(43)45/h5-6,8,10-13,16-17,20,26-27,37H,3-4,7,14-15,18H2,1-2H3/t26-,27-/m0/s1. The predicted octanol–water partition coefficient (Wildman–Crippen LogP) is 5.21. The predicted molar refractivity (Wildman–Crippen MR) is 168 cm³/mol. The van der Waals surface area contributed by atoms with Gasteiger partial charge in [0.05, 0.1) is 35.9 Å². The third-order valence-corrected chi connectivity index (χ3v) is 9.10. The maximum atomic E-state index is 12.9. The summed E-state index contributed by atoms with van der Waals surface area (Å²) in [4.78, 5) is 46.9. The summed E-state index contributed by atoms with van der Waals surface area (Å²) in [6.45, 7) is 2.44. The van der Waals surface area contributed by atoms with E-state index in [2.05, 4.69) is 33.6 Å². The maximum Gasteiger partial charge on any atom is 0.331 e. The number of fused-ring (bicyclic) bond motifs is 2. The molecule has 0 unspecified atom stereocenters. The first-order valence-electron chi connectivity index (χ1n) is 15.3. The molecule has 5 aromatic rings. The molecule has 2 atom stereocenters. The third kappa shape index (κ3) is 4.92. The van der Waals surface area contributed by atoms with Crippen LogP contribution in [0, 0.1) is 18.3 Å². The summed E-state index contributed by atoms with van der Waals surface area (Å²) in [5.41, 5.74) is 7.90. The molecule has 0 bridgehead atoms. The monoisotopic (exact) mass is 597 g/mol. The van der Waals surface area contributed by atoms with Crippen LogP contribution in [0.1, 0.15) is 71.0 Å². The Morgan fingerprint density at radius 3 is 2.67 bits per heavy atom. The minimum Gasteiger partial charge on any atom is -0.379 e. The first-order valence-corrected chi connectivity index (χ1v) is 15.3. The van der Waals surface area contributed by atoms with Crippen LogP contribution in [0.4, 0.5) is 16.2 Å². The van der Waals surface area contributed by atoms with Crippen molar-refractivity contribution in [2.45, 2.75) is 56.9 Å². The van der Waals surface area contributed by atoms with Gasteiger partial charge in [-0.1, -0.05) is 6.07 Å². The van der Waals surface area contributed by atoms with Gasteiger partial charge in [0.15, 0.2) is 5.65 Å². The fourth-order valence-corrected chi connectivity index (χ4v) is 6.36. The lowest BCUT2D eigenvalue weighted by Gasteiger charge is -2.17. The molecule has 45 heavy (non-hydrogen) atoms. The molecule has 1 aromatic carbocycles. The number of aromatic nitrogens is 5. The number of rotatable bonds is 8. The molecular formula is C34H31N9O2. The highest BCUT2D eigenvalue weighted by molar-refractivity contribution is 6.13. The van der Waals surface area contributed by atoms with Crippen LogP contribution in [-0.4, -0.2) is 54.8 Å². The number of nitriles is 1. The van der Waals surface area contributed by atoms with E-state index in [-0.39, 0.29) is 30.3 Å². The van der Waals surface area contributed by atoms with E-state index in [9.17, 15) is 14.9 Å². The van der Waals surface area contributed by atoms with Crippen LogP contribution in [-0.2, 0) is 17.8 Å².